The Balaban J connectivity index is 0.00000200. The van der Waals surface area contributed by atoms with Crippen LogP contribution in [0.1, 0.15) is 38.7 Å². The lowest BCUT2D eigenvalue weighted by Crippen LogP contribution is -2.50. The van der Waals surface area contributed by atoms with Gasteiger partial charge in [-0.25, -0.2) is 0 Å². The Morgan fingerprint density at radius 1 is 1.25 bits per heavy atom. The van der Waals surface area contributed by atoms with Crippen LogP contribution < -0.4 is 10.6 Å². The second-order valence-corrected chi connectivity index (χ2v) is 5.72. The molecule has 1 saturated carbocycles. The predicted octanol–water partition coefficient (Wildman–Crippen LogP) is 3.30. The van der Waals surface area contributed by atoms with Crippen molar-refractivity contribution in [3.63, 3.8) is 0 Å². The summed E-state index contributed by atoms with van der Waals surface area (Å²) in [6.45, 7) is 5.22. The van der Waals surface area contributed by atoms with Crippen molar-refractivity contribution < 1.29 is 0 Å². The number of hydrogen-bond acceptors (Lipinski definition) is 1. The van der Waals surface area contributed by atoms with Crippen molar-refractivity contribution in [3.8, 4) is 0 Å². The summed E-state index contributed by atoms with van der Waals surface area (Å²) < 4.78 is 0. The van der Waals surface area contributed by atoms with Crippen LogP contribution in [-0.4, -0.2) is 25.6 Å². The minimum absolute atomic E-state index is 0. The monoisotopic (exact) mass is 387 g/mol. The molecule has 0 amide bonds. The van der Waals surface area contributed by atoms with E-state index in [9.17, 15) is 0 Å². The number of aliphatic imine (C=N–C) groups is 1. The number of guanidine groups is 1. The van der Waals surface area contributed by atoms with Crippen LogP contribution in [0.4, 0.5) is 0 Å². The summed E-state index contributed by atoms with van der Waals surface area (Å²) in [5.41, 5.74) is 1.75. The molecule has 0 heterocycles. The van der Waals surface area contributed by atoms with Gasteiger partial charge in [-0.2, -0.15) is 0 Å². The Bertz CT molecular complexity index is 425. The van der Waals surface area contributed by atoms with Crippen LogP contribution >= 0.6 is 24.0 Å². The van der Waals surface area contributed by atoms with E-state index in [4.69, 9.17) is 0 Å². The maximum Gasteiger partial charge on any atom is 0.191 e. The van der Waals surface area contributed by atoms with Crippen molar-refractivity contribution in [2.24, 2.45) is 4.99 Å². The minimum Gasteiger partial charge on any atom is -0.356 e. The van der Waals surface area contributed by atoms with Gasteiger partial charge in [0.05, 0.1) is 0 Å². The van der Waals surface area contributed by atoms with Crippen LogP contribution in [0, 0.1) is 0 Å². The fourth-order valence-corrected chi connectivity index (χ4v) is 2.68. The van der Waals surface area contributed by atoms with Gasteiger partial charge in [0.15, 0.2) is 5.96 Å². The van der Waals surface area contributed by atoms with Crippen molar-refractivity contribution in [1.29, 1.82) is 0 Å². The van der Waals surface area contributed by atoms with E-state index in [0.29, 0.717) is 11.5 Å². The minimum atomic E-state index is 0. The summed E-state index contributed by atoms with van der Waals surface area (Å²) in [6.07, 6.45) is 3.86. The Labute approximate surface area is 139 Å². The van der Waals surface area contributed by atoms with E-state index in [-0.39, 0.29) is 24.0 Å². The molecule has 3 nitrogen and oxygen atoms in total. The third kappa shape index (κ3) is 4.11. The summed E-state index contributed by atoms with van der Waals surface area (Å²) in [5.74, 6) is 0.900. The molecule has 20 heavy (non-hydrogen) atoms. The second kappa shape index (κ2) is 7.86. The van der Waals surface area contributed by atoms with Crippen LogP contribution in [-0.2, 0) is 5.41 Å². The number of nitrogens with one attached hydrogen (secondary N) is 2. The van der Waals surface area contributed by atoms with Gasteiger partial charge in [-0.15, -0.1) is 24.0 Å². The standard InChI is InChI=1S/C16H25N3.HI/c1-13(2)19-15(17-3)18-12-16(10-7-11-16)14-8-5-4-6-9-14;/h4-6,8-9,13H,7,10-12H2,1-3H3,(H2,17,18,19);1H. The largest absolute Gasteiger partial charge is 0.356 e. The highest BCUT2D eigenvalue weighted by molar-refractivity contribution is 14.0. The SMILES string of the molecule is CN=C(NCC1(c2ccccc2)CCC1)NC(C)C.I. The summed E-state index contributed by atoms with van der Waals surface area (Å²) >= 11 is 0. The maximum atomic E-state index is 4.28. The average Bonchev–Trinajstić information content (AvgIpc) is 2.37. The molecule has 0 atom stereocenters. The highest BCUT2D eigenvalue weighted by Crippen LogP contribution is 2.43. The summed E-state index contributed by atoms with van der Waals surface area (Å²) in [4.78, 5) is 4.28. The highest BCUT2D eigenvalue weighted by Gasteiger charge is 2.38. The van der Waals surface area contributed by atoms with E-state index in [0.717, 1.165) is 12.5 Å². The molecule has 2 rings (SSSR count). The van der Waals surface area contributed by atoms with Crippen molar-refractivity contribution in [2.75, 3.05) is 13.6 Å². The van der Waals surface area contributed by atoms with Gasteiger partial charge in [0.1, 0.15) is 0 Å². The molecule has 1 fully saturated rings. The molecule has 0 aromatic heterocycles. The van der Waals surface area contributed by atoms with E-state index < -0.39 is 0 Å². The van der Waals surface area contributed by atoms with E-state index in [1.54, 1.807) is 0 Å². The molecule has 0 radical (unpaired) electrons. The van der Waals surface area contributed by atoms with Gasteiger partial charge in [-0.3, -0.25) is 4.99 Å². The van der Waals surface area contributed by atoms with E-state index in [2.05, 4.69) is 59.8 Å². The number of rotatable bonds is 4. The van der Waals surface area contributed by atoms with Crippen LogP contribution in [0.2, 0.25) is 0 Å². The molecule has 1 aliphatic rings. The van der Waals surface area contributed by atoms with Crippen LogP contribution in [0.15, 0.2) is 35.3 Å². The molecular weight excluding hydrogens is 361 g/mol. The third-order valence-corrected chi connectivity index (χ3v) is 3.94. The smallest absolute Gasteiger partial charge is 0.191 e. The molecule has 0 saturated heterocycles. The van der Waals surface area contributed by atoms with Crippen LogP contribution in [0.25, 0.3) is 0 Å². The fraction of sp³-hybridized carbons (Fsp3) is 0.562. The zero-order chi connectivity index (χ0) is 13.7. The van der Waals surface area contributed by atoms with Crippen molar-refractivity contribution in [3.05, 3.63) is 35.9 Å². The molecular formula is C16H26IN3. The number of benzene rings is 1. The second-order valence-electron chi connectivity index (χ2n) is 5.72. The first-order chi connectivity index (χ1) is 9.16. The molecule has 2 N–H and O–H groups in total. The lowest BCUT2D eigenvalue weighted by molar-refractivity contribution is 0.243. The zero-order valence-corrected chi connectivity index (χ0v) is 15.0. The summed E-state index contributed by atoms with van der Waals surface area (Å²) in [6, 6.07) is 11.3. The topological polar surface area (TPSA) is 36.4 Å². The molecule has 0 aliphatic heterocycles. The van der Waals surface area contributed by atoms with E-state index >= 15 is 0 Å². The van der Waals surface area contributed by atoms with Crippen molar-refractivity contribution >= 4 is 29.9 Å². The van der Waals surface area contributed by atoms with Crippen LogP contribution in [0.3, 0.4) is 0 Å². The average molecular weight is 387 g/mol. The molecule has 0 unspecified atom stereocenters. The summed E-state index contributed by atoms with van der Waals surface area (Å²) in [5, 5.41) is 6.82. The van der Waals surface area contributed by atoms with Gasteiger partial charge in [0, 0.05) is 25.0 Å². The molecule has 1 aromatic carbocycles. The first-order valence-electron chi connectivity index (χ1n) is 7.19. The molecule has 0 bridgehead atoms. The van der Waals surface area contributed by atoms with E-state index in [1.807, 2.05) is 7.05 Å². The van der Waals surface area contributed by atoms with Gasteiger partial charge in [-0.05, 0) is 32.3 Å². The quantitative estimate of drug-likeness (QED) is 0.473. The molecule has 4 heteroatoms. The molecule has 1 aromatic rings. The Morgan fingerprint density at radius 2 is 1.90 bits per heavy atom. The van der Waals surface area contributed by atoms with E-state index in [1.165, 1.54) is 24.8 Å². The van der Waals surface area contributed by atoms with Gasteiger partial charge in [0.25, 0.3) is 0 Å². The Hall–Kier alpha value is -0.780. The fourth-order valence-electron chi connectivity index (χ4n) is 2.68. The number of hydrogen-bond donors (Lipinski definition) is 2. The van der Waals surface area contributed by atoms with Gasteiger partial charge in [-0.1, -0.05) is 36.8 Å². The lowest BCUT2D eigenvalue weighted by Gasteiger charge is -2.43. The Morgan fingerprint density at radius 3 is 2.35 bits per heavy atom. The first kappa shape index (κ1) is 17.3. The normalized spacial score (nSPS) is 17.1. The van der Waals surface area contributed by atoms with Gasteiger partial charge < -0.3 is 10.6 Å². The third-order valence-electron chi connectivity index (χ3n) is 3.94. The maximum absolute atomic E-state index is 4.28. The predicted molar refractivity (Wildman–Crippen MR) is 97.0 cm³/mol. The number of nitrogens with zero attached hydrogens (tertiary/aromatic N) is 1. The van der Waals surface area contributed by atoms with Gasteiger partial charge in [0.2, 0.25) is 0 Å². The Kier molecular flexibility index (Phi) is 6.79. The molecule has 112 valence electrons. The van der Waals surface area contributed by atoms with Crippen LogP contribution in [0.5, 0.6) is 0 Å². The number of halogens is 1. The zero-order valence-electron chi connectivity index (χ0n) is 12.6. The van der Waals surface area contributed by atoms with Crippen molar-refractivity contribution in [1.82, 2.24) is 10.6 Å². The lowest BCUT2D eigenvalue weighted by atomic mass is 9.64. The first-order valence-corrected chi connectivity index (χ1v) is 7.19. The summed E-state index contributed by atoms with van der Waals surface area (Å²) in [7, 11) is 1.83. The van der Waals surface area contributed by atoms with Crippen molar-refractivity contribution in [2.45, 2.75) is 44.6 Å². The van der Waals surface area contributed by atoms with Gasteiger partial charge >= 0.3 is 0 Å². The molecule has 1 aliphatic carbocycles. The molecule has 0 spiro atoms. The highest BCUT2D eigenvalue weighted by atomic mass is 127.